The second-order valence-corrected chi connectivity index (χ2v) is 4.06. The van der Waals surface area contributed by atoms with Crippen LogP contribution in [0.5, 0.6) is 0 Å². The fourth-order valence-corrected chi connectivity index (χ4v) is 1.94. The number of nitrogens with one attached hydrogen (secondary N) is 1. The highest BCUT2D eigenvalue weighted by Gasteiger charge is 2.11. The van der Waals surface area contributed by atoms with E-state index in [1.807, 2.05) is 31.4 Å². The summed E-state index contributed by atoms with van der Waals surface area (Å²) in [5, 5.41) is 4.61. The first-order chi connectivity index (χ1) is 8.33. The molecular formula is C14H19NO2. The Labute approximate surface area is 102 Å². The van der Waals surface area contributed by atoms with E-state index in [0.29, 0.717) is 0 Å². The summed E-state index contributed by atoms with van der Waals surface area (Å²) in [4.78, 5) is 0. The zero-order valence-electron chi connectivity index (χ0n) is 10.4. The normalized spacial score (nSPS) is 13.1. The third-order valence-electron chi connectivity index (χ3n) is 2.88. The molecule has 1 heterocycles. The molecule has 92 valence electrons. The van der Waals surface area contributed by atoms with Gasteiger partial charge in [-0.05, 0) is 19.9 Å². The lowest BCUT2D eigenvalue weighted by molar-refractivity contribution is 0.147. The van der Waals surface area contributed by atoms with Gasteiger partial charge in [0.05, 0.1) is 12.9 Å². The zero-order valence-corrected chi connectivity index (χ0v) is 10.4. The highest BCUT2D eigenvalue weighted by molar-refractivity contribution is 5.81. The second kappa shape index (κ2) is 5.84. The van der Waals surface area contributed by atoms with Crippen LogP contribution in [0.15, 0.2) is 34.9 Å². The first-order valence-electron chi connectivity index (χ1n) is 6.10. The standard InChI is InChI=1S/C14H19NO2/c1-3-16-9-8-15-11(2)13-10-17-14-7-5-4-6-12(13)14/h4-7,10-11,15H,3,8-9H2,1-2H3. The third-order valence-corrected chi connectivity index (χ3v) is 2.88. The summed E-state index contributed by atoms with van der Waals surface area (Å²) in [5.41, 5.74) is 2.15. The first kappa shape index (κ1) is 12.1. The van der Waals surface area contributed by atoms with Crippen molar-refractivity contribution in [2.45, 2.75) is 19.9 Å². The quantitative estimate of drug-likeness (QED) is 0.778. The summed E-state index contributed by atoms with van der Waals surface area (Å²) in [6.07, 6.45) is 1.84. The second-order valence-electron chi connectivity index (χ2n) is 4.06. The van der Waals surface area contributed by atoms with Crippen molar-refractivity contribution in [3.8, 4) is 0 Å². The molecule has 1 aromatic heterocycles. The maximum atomic E-state index is 5.53. The average molecular weight is 233 g/mol. The number of benzene rings is 1. The minimum absolute atomic E-state index is 0.277. The van der Waals surface area contributed by atoms with E-state index in [0.717, 1.165) is 25.3 Å². The molecule has 17 heavy (non-hydrogen) atoms. The summed E-state index contributed by atoms with van der Waals surface area (Å²) < 4.78 is 10.8. The van der Waals surface area contributed by atoms with Gasteiger partial charge in [0.1, 0.15) is 5.58 Å². The molecule has 1 aromatic carbocycles. The molecule has 0 bridgehead atoms. The van der Waals surface area contributed by atoms with Gasteiger partial charge in [0.25, 0.3) is 0 Å². The number of hydrogen-bond acceptors (Lipinski definition) is 3. The van der Waals surface area contributed by atoms with Gasteiger partial charge >= 0.3 is 0 Å². The number of ether oxygens (including phenoxy) is 1. The first-order valence-corrected chi connectivity index (χ1v) is 6.10. The highest BCUT2D eigenvalue weighted by atomic mass is 16.5. The smallest absolute Gasteiger partial charge is 0.134 e. The van der Waals surface area contributed by atoms with Crippen LogP contribution < -0.4 is 5.32 Å². The SMILES string of the molecule is CCOCCNC(C)c1coc2ccccc12. The topological polar surface area (TPSA) is 34.4 Å². The van der Waals surface area contributed by atoms with Crippen molar-refractivity contribution in [1.82, 2.24) is 5.32 Å². The lowest BCUT2D eigenvalue weighted by atomic mass is 10.1. The Hall–Kier alpha value is -1.32. The Morgan fingerprint density at radius 3 is 3.00 bits per heavy atom. The van der Waals surface area contributed by atoms with Crippen LogP contribution in [0.2, 0.25) is 0 Å². The zero-order chi connectivity index (χ0) is 12.1. The maximum Gasteiger partial charge on any atom is 0.134 e. The lowest BCUT2D eigenvalue weighted by Gasteiger charge is -2.12. The van der Waals surface area contributed by atoms with E-state index in [1.54, 1.807) is 0 Å². The van der Waals surface area contributed by atoms with E-state index in [4.69, 9.17) is 9.15 Å². The van der Waals surface area contributed by atoms with Crippen molar-refractivity contribution in [2.75, 3.05) is 19.8 Å². The molecule has 0 spiro atoms. The summed E-state index contributed by atoms with van der Waals surface area (Å²) in [6, 6.07) is 8.39. The molecule has 0 aliphatic rings. The van der Waals surface area contributed by atoms with Gasteiger partial charge in [-0.25, -0.2) is 0 Å². The van der Waals surface area contributed by atoms with Crippen LogP contribution in [-0.2, 0) is 4.74 Å². The van der Waals surface area contributed by atoms with Crippen molar-refractivity contribution in [3.05, 3.63) is 36.1 Å². The molecule has 0 fully saturated rings. The molecule has 3 heteroatoms. The Bertz CT molecular complexity index is 464. The minimum atomic E-state index is 0.277. The molecule has 0 amide bonds. The maximum absolute atomic E-state index is 5.53. The molecule has 2 aromatic rings. The van der Waals surface area contributed by atoms with Gasteiger partial charge in [-0.3, -0.25) is 0 Å². The van der Waals surface area contributed by atoms with E-state index < -0.39 is 0 Å². The van der Waals surface area contributed by atoms with E-state index in [-0.39, 0.29) is 6.04 Å². The fourth-order valence-electron chi connectivity index (χ4n) is 1.94. The molecule has 1 unspecified atom stereocenters. The van der Waals surface area contributed by atoms with E-state index in [9.17, 15) is 0 Å². The largest absolute Gasteiger partial charge is 0.464 e. The van der Waals surface area contributed by atoms with Crippen LogP contribution in [0.4, 0.5) is 0 Å². The molecule has 1 atom stereocenters. The Morgan fingerprint density at radius 1 is 1.35 bits per heavy atom. The molecule has 3 nitrogen and oxygen atoms in total. The van der Waals surface area contributed by atoms with Gasteiger partial charge in [0.15, 0.2) is 0 Å². The molecule has 0 saturated carbocycles. The summed E-state index contributed by atoms with van der Waals surface area (Å²) in [5.74, 6) is 0. The van der Waals surface area contributed by atoms with Crippen LogP contribution in [0, 0.1) is 0 Å². The Morgan fingerprint density at radius 2 is 2.18 bits per heavy atom. The number of furan rings is 1. The monoisotopic (exact) mass is 233 g/mol. The number of fused-ring (bicyclic) bond motifs is 1. The third kappa shape index (κ3) is 2.87. The average Bonchev–Trinajstić information content (AvgIpc) is 2.78. The van der Waals surface area contributed by atoms with Crippen molar-refractivity contribution in [2.24, 2.45) is 0 Å². The minimum Gasteiger partial charge on any atom is -0.464 e. The lowest BCUT2D eigenvalue weighted by Crippen LogP contribution is -2.23. The van der Waals surface area contributed by atoms with Crippen molar-refractivity contribution in [1.29, 1.82) is 0 Å². The highest BCUT2D eigenvalue weighted by Crippen LogP contribution is 2.25. The Balaban J connectivity index is 2.01. The van der Waals surface area contributed by atoms with Crippen LogP contribution >= 0.6 is 0 Å². The van der Waals surface area contributed by atoms with E-state index in [1.165, 1.54) is 10.9 Å². The predicted octanol–water partition coefficient (Wildman–Crippen LogP) is 3.12. The van der Waals surface area contributed by atoms with Crippen molar-refractivity contribution < 1.29 is 9.15 Å². The fraction of sp³-hybridized carbons (Fsp3) is 0.429. The van der Waals surface area contributed by atoms with Crippen molar-refractivity contribution in [3.63, 3.8) is 0 Å². The van der Waals surface area contributed by atoms with Crippen LogP contribution in [0.3, 0.4) is 0 Å². The molecule has 0 saturated heterocycles. The van der Waals surface area contributed by atoms with E-state index >= 15 is 0 Å². The molecular weight excluding hydrogens is 214 g/mol. The van der Waals surface area contributed by atoms with Crippen molar-refractivity contribution >= 4 is 11.0 Å². The summed E-state index contributed by atoms with van der Waals surface area (Å²) in [6.45, 7) is 6.52. The van der Waals surface area contributed by atoms with Gasteiger partial charge in [-0.15, -0.1) is 0 Å². The molecule has 1 N–H and O–H groups in total. The van der Waals surface area contributed by atoms with Gasteiger partial charge in [0.2, 0.25) is 0 Å². The van der Waals surface area contributed by atoms with Gasteiger partial charge in [-0.1, -0.05) is 18.2 Å². The number of para-hydroxylation sites is 1. The molecule has 0 aliphatic carbocycles. The molecule has 2 rings (SSSR count). The van der Waals surface area contributed by atoms with Gasteiger partial charge in [0, 0.05) is 30.1 Å². The number of hydrogen-bond donors (Lipinski definition) is 1. The molecule has 0 radical (unpaired) electrons. The van der Waals surface area contributed by atoms with Crippen LogP contribution in [-0.4, -0.2) is 19.8 Å². The van der Waals surface area contributed by atoms with Crippen LogP contribution in [0.1, 0.15) is 25.5 Å². The van der Waals surface area contributed by atoms with Gasteiger partial charge in [-0.2, -0.15) is 0 Å². The predicted molar refractivity (Wildman–Crippen MR) is 69.1 cm³/mol. The Kier molecular flexibility index (Phi) is 4.18. The number of rotatable bonds is 6. The summed E-state index contributed by atoms with van der Waals surface area (Å²) in [7, 11) is 0. The molecule has 0 aliphatic heterocycles. The summed E-state index contributed by atoms with van der Waals surface area (Å²) >= 11 is 0. The van der Waals surface area contributed by atoms with Gasteiger partial charge < -0.3 is 14.5 Å². The van der Waals surface area contributed by atoms with Crippen LogP contribution in [0.25, 0.3) is 11.0 Å². The van der Waals surface area contributed by atoms with E-state index in [2.05, 4.69) is 18.3 Å².